The van der Waals surface area contributed by atoms with Gasteiger partial charge in [-0.05, 0) is 119 Å². The second kappa shape index (κ2) is 2.68. The molecule has 0 bridgehead atoms. The molecule has 0 N–H and O–H groups in total. The lowest BCUT2D eigenvalue weighted by Gasteiger charge is -2.96. The molecule has 9 saturated carbocycles. The fraction of sp³-hybridized carbons (Fsp3) is 1.00. The first-order valence-corrected chi connectivity index (χ1v) is 10.8. The van der Waals surface area contributed by atoms with Crippen LogP contribution in [0.15, 0.2) is 0 Å². The Morgan fingerprint density at radius 2 is 0.636 bits per heavy atom. The van der Waals surface area contributed by atoms with Crippen molar-refractivity contribution < 1.29 is 0 Å². The Morgan fingerprint density at radius 1 is 0.364 bits per heavy atom. The van der Waals surface area contributed by atoms with E-state index >= 15 is 0 Å². The molecule has 9 rings (SSSR count). The van der Waals surface area contributed by atoms with Gasteiger partial charge in [0.05, 0.1) is 0 Å². The molecular weight excluding hydrogens is 264 g/mol. The van der Waals surface area contributed by atoms with Gasteiger partial charge >= 0.3 is 0 Å². The summed E-state index contributed by atoms with van der Waals surface area (Å²) in [7, 11) is 0. The maximum absolute atomic E-state index is 2.58. The first kappa shape index (κ1) is 10.8. The molecule has 0 aromatic carbocycles. The average Bonchev–Trinajstić information content (AvgIpc) is 2.45. The monoisotopic (exact) mass is 292 g/mol. The van der Waals surface area contributed by atoms with Crippen molar-refractivity contribution in [2.45, 2.75) is 26.7 Å². The molecule has 0 spiro atoms. The summed E-state index contributed by atoms with van der Waals surface area (Å²) in [6, 6.07) is 0. The summed E-state index contributed by atoms with van der Waals surface area (Å²) in [5, 5.41) is 0. The van der Waals surface area contributed by atoms with Crippen LogP contribution in [-0.2, 0) is 0 Å². The van der Waals surface area contributed by atoms with Crippen LogP contribution in [-0.4, -0.2) is 0 Å². The van der Waals surface area contributed by atoms with Gasteiger partial charge in [0.25, 0.3) is 0 Å². The van der Waals surface area contributed by atoms with Crippen LogP contribution in [0.4, 0.5) is 0 Å². The normalized spacial score (nSPS) is 90.8. The second-order valence-corrected chi connectivity index (χ2v) is 11.7. The van der Waals surface area contributed by atoms with E-state index in [2.05, 4.69) is 13.8 Å². The first-order valence-electron chi connectivity index (χ1n) is 10.8. The van der Waals surface area contributed by atoms with E-state index in [1.54, 1.807) is 12.8 Å². The number of hydrogen-bond donors (Lipinski definition) is 0. The van der Waals surface area contributed by atoms with Gasteiger partial charge in [-0.3, -0.25) is 0 Å². The van der Waals surface area contributed by atoms with Crippen LogP contribution in [0.25, 0.3) is 0 Å². The molecule has 0 heterocycles. The summed E-state index contributed by atoms with van der Waals surface area (Å²) in [6.07, 6.45) is 3.27. The largest absolute Gasteiger partial charge is 0.0620 e. The van der Waals surface area contributed by atoms with Crippen LogP contribution >= 0.6 is 0 Å². The molecule has 18 atom stereocenters. The van der Waals surface area contributed by atoms with Crippen LogP contribution in [0, 0.1) is 107 Å². The number of hydrogen-bond acceptors (Lipinski definition) is 0. The van der Waals surface area contributed by atoms with Gasteiger partial charge in [0, 0.05) is 0 Å². The van der Waals surface area contributed by atoms with E-state index in [4.69, 9.17) is 0 Å². The Hall–Kier alpha value is 0. The Bertz CT molecular complexity index is 550. The number of rotatable bonds is 0. The number of fused-ring (bicyclic) bond motifs is 22. The Morgan fingerprint density at radius 3 is 0.955 bits per heavy atom. The quantitative estimate of drug-likeness (QED) is 0.592. The third-order valence-electron chi connectivity index (χ3n) is 12.9. The summed E-state index contributed by atoms with van der Waals surface area (Å²) in [5.41, 5.74) is 0. The molecule has 0 amide bonds. The van der Waals surface area contributed by atoms with Crippen LogP contribution in [0.3, 0.4) is 0 Å². The van der Waals surface area contributed by atoms with Crippen molar-refractivity contribution in [3.63, 3.8) is 0 Å². The first-order chi connectivity index (χ1) is 10.8. The molecular formula is C22H28. The van der Waals surface area contributed by atoms with Crippen molar-refractivity contribution in [2.75, 3.05) is 0 Å². The van der Waals surface area contributed by atoms with Crippen molar-refractivity contribution in [3.8, 4) is 0 Å². The Balaban J connectivity index is 1.05. The highest BCUT2D eigenvalue weighted by atomic mass is 15.0. The molecule has 0 heteroatoms. The highest BCUT2D eigenvalue weighted by Crippen LogP contribution is 2.94. The van der Waals surface area contributed by atoms with Crippen molar-refractivity contribution in [1.82, 2.24) is 0 Å². The molecule has 116 valence electrons. The minimum atomic E-state index is 1.09. The summed E-state index contributed by atoms with van der Waals surface area (Å²) < 4.78 is 0. The molecule has 18 unspecified atom stereocenters. The molecule has 0 nitrogen and oxygen atoms in total. The average molecular weight is 292 g/mol. The zero-order valence-corrected chi connectivity index (χ0v) is 13.8. The van der Waals surface area contributed by atoms with E-state index < -0.39 is 0 Å². The Kier molecular flexibility index (Phi) is 1.31. The van der Waals surface area contributed by atoms with Crippen molar-refractivity contribution in [3.05, 3.63) is 0 Å². The van der Waals surface area contributed by atoms with Crippen LogP contribution in [0.5, 0.6) is 0 Å². The lowest BCUT2D eigenvalue weighted by Crippen LogP contribution is -2.92. The summed E-state index contributed by atoms with van der Waals surface area (Å²) in [4.78, 5) is 0. The van der Waals surface area contributed by atoms with Crippen LogP contribution < -0.4 is 0 Å². The predicted molar refractivity (Wildman–Crippen MR) is 83.4 cm³/mol. The van der Waals surface area contributed by atoms with Crippen molar-refractivity contribution in [2.24, 2.45) is 107 Å². The fourth-order valence-electron chi connectivity index (χ4n) is 12.3. The van der Waals surface area contributed by atoms with E-state index in [-0.39, 0.29) is 0 Å². The third-order valence-corrected chi connectivity index (χ3v) is 12.9. The van der Waals surface area contributed by atoms with Crippen LogP contribution in [0.2, 0.25) is 0 Å². The zero-order valence-electron chi connectivity index (χ0n) is 13.8. The Labute approximate surface area is 133 Å². The lowest BCUT2D eigenvalue weighted by molar-refractivity contribution is -0.490. The van der Waals surface area contributed by atoms with Gasteiger partial charge in [-0.25, -0.2) is 0 Å². The maximum Gasteiger partial charge on any atom is -0.0312 e. The summed E-state index contributed by atoms with van der Waals surface area (Å²) in [6.45, 7) is 5.16. The molecule has 9 aliphatic rings. The molecule has 0 aliphatic heterocycles. The lowest BCUT2D eigenvalue weighted by atomic mass is 9.09. The van der Waals surface area contributed by atoms with Gasteiger partial charge in [-0.2, -0.15) is 0 Å². The van der Waals surface area contributed by atoms with E-state index in [9.17, 15) is 0 Å². The molecule has 0 radical (unpaired) electrons. The molecule has 0 saturated heterocycles. The highest BCUT2D eigenvalue weighted by molar-refractivity contribution is 5.37. The standard InChI is InChI=1S/C22H28/c1-5-6(2)10-9(5)13-14(10)18-17(13)21-19-15-11-7-3-4-8(7)12(11)16(15)20(19)22(18)21/h5-22H,3-4H2,1-2H3. The minimum absolute atomic E-state index is 1.09. The van der Waals surface area contributed by atoms with E-state index in [1.165, 1.54) is 94.7 Å². The zero-order chi connectivity index (χ0) is 13.8. The van der Waals surface area contributed by atoms with E-state index in [1.807, 2.05) is 0 Å². The fourth-order valence-corrected chi connectivity index (χ4v) is 12.3. The summed E-state index contributed by atoms with van der Waals surface area (Å²) in [5.74, 6) is 22.6. The highest BCUT2D eigenvalue weighted by Gasteiger charge is 2.91. The molecule has 9 aliphatic carbocycles. The van der Waals surface area contributed by atoms with Crippen molar-refractivity contribution >= 4 is 0 Å². The van der Waals surface area contributed by atoms with Gasteiger partial charge in [-0.1, -0.05) is 13.8 Å². The van der Waals surface area contributed by atoms with Gasteiger partial charge in [0.2, 0.25) is 0 Å². The molecule has 0 aromatic rings. The smallest absolute Gasteiger partial charge is 0.0312 e. The maximum atomic E-state index is 2.58. The van der Waals surface area contributed by atoms with E-state index in [0.717, 1.165) is 11.8 Å². The molecule has 22 heavy (non-hydrogen) atoms. The third kappa shape index (κ3) is 0.655. The van der Waals surface area contributed by atoms with Gasteiger partial charge < -0.3 is 0 Å². The molecule has 0 aromatic heterocycles. The van der Waals surface area contributed by atoms with Gasteiger partial charge in [0.15, 0.2) is 0 Å². The van der Waals surface area contributed by atoms with Gasteiger partial charge in [-0.15, -0.1) is 0 Å². The molecule has 9 fully saturated rings. The predicted octanol–water partition coefficient (Wildman–Crippen LogP) is 4.02. The topological polar surface area (TPSA) is 0 Å². The van der Waals surface area contributed by atoms with Crippen LogP contribution in [0.1, 0.15) is 26.7 Å². The summed E-state index contributed by atoms with van der Waals surface area (Å²) >= 11 is 0. The van der Waals surface area contributed by atoms with Gasteiger partial charge in [0.1, 0.15) is 0 Å². The SMILES string of the molecule is CC1C(C)C2C1C1C2C2C1C1C3C4C5C6CCC6C5C4C3C21. The van der Waals surface area contributed by atoms with E-state index in [0.29, 0.717) is 0 Å². The minimum Gasteiger partial charge on any atom is -0.0620 e. The van der Waals surface area contributed by atoms with Crippen molar-refractivity contribution in [1.29, 1.82) is 0 Å². The second-order valence-electron chi connectivity index (χ2n) is 11.7.